The van der Waals surface area contributed by atoms with Crippen LogP contribution in [0.3, 0.4) is 0 Å². The second-order valence-corrected chi connectivity index (χ2v) is 7.61. The molecule has 2 bridgehead atoms. The summed E-state index contributed by atoms with van der Waals surface area (Å²) in [6.45, 7) is 0.917. The van der Waals surface area contributed by atoms with Gasteiger partial charge in [-0.05, 0) is 62.2 Å². The van der Waals surface area contributed by atoms with Crippen molar-refractivity contribution in [2.45, 2.75) is 30.7 Å². The Hall–Kier alpha value is -2.47. The molecule has 2 unspecified atom stereocenters. The van der Waals surface area contributed by atoms with Crippen molar-refractivity contribution in [1.82, 2.24) is 4.90 Å². The number of ketones is 1. The average molecular weight is 385 g/mol. The summed E-state index contributed by atoms with van der Waals surface area (Å²) in [7, 11) is 8.59. The van der Waals surface area contributed by atoms with Gasteiger partial charge in [-0.3, -0.25) is 9.69 Å². The van der Waals surface area contributed by atoms with E-state index in [1.54, 1.807) is 34.5 Å². The SMILES string of the molecule is COC1=CC23CCN(C)C(CCc4cc(OC)c(OC)c(OC)c42)C3=CC1=O. The van der Waals surface area contributed by atoms with Crippen LogP contribution in [-0.4, -0.2) is 58.8 Å². The molecule has 1 saturated heterocycles. The third-order valence-corrected chi connectivity index (χ3v) is 6.44. The molecule has 0 saturated carbocycles. The van der Waals surface area contributed by atoms with Gasteiger partial charge in [0.05, 0.1) is 28.4 Å². The van der Waals surface area contributed by atoms with Crippen LogP contribution in [0.25, 0.3) is 0 Å². The Balaban J connectivity index is 2.08. The van der Waals surface area contributed by atoms with E-state index in [1.165, 1.54) is 5.56 Å². The fraction of sp³-hybridized carbons (Fsp3) is 0.500. The molecule has 4 rings (SSSR count). The maximum absolute atomic E-state index is 12.7. The number of nitrogens with zero attached hydrogens (tertiary/aromatic N) is 1. The minimum absolute atomic E-state index is 0.0729. The Morgan fingerprint density at radius 3 is 2.46 bits per heavy atom. The van der Waals surface area contributed by atoms with Crippen molar-refractivity contribution < 1.29 is 23.7 Å². The topological polar surface area (TPSA) is 57.2 Å². The van der Waals surface area contributed by atoms with E-state index >= 15 is 0 Å². The van der Waals surface area contributed by atoms with Crippen LogP contribution in [0, 0.1) is 0 Å². The molecule has 1 aliphatic heterocycles. The highest BCUT2D eigenvalue weighted by Crippen LogP contribution is 2.56. The summed E-state index contributed by atoms with van der Waals surface area (Å²) in [4.78, 5) is 15.0. The Kier molecular flexibility index (Phi) is 4.62. The maximum Gasteiger partial charge on any atom is 0.220 e. The third kappa shape index (κ3) is 2.47. The van der Waals surface area contributed by atoms with Crippen molar-refractivity contribution in [2.24, 2.45) is 0 Å². The van der Waals surface area contributed by atoms with Crippen molar-refractivity contribution in [3.05, 3.63) is 40.7 Å². The van der Waals surface area contributed by atoms with Gasteiger partial charge in [0.2, 0.25) is 11.5 Å². The summed E-state index contributed by atoms with van der Waals surface area (Å²) in [5, 5.41) is 0. The first kappa shape index (κ1) is 18.9. The number of ether oxygens (including phenoxy) is 4. The number of methoxy groups -OCH3 is 4. The van der Waals surface area contributed by atoms with Crippen molar-refractivity contribution in [3.8, 4) is 17.2 Å². The molecule has 1 fully saturated rings. The zero-order chi connectivity index (χ0) is 20.1. The van der Waals surface area contributed by atoms with Crippen LogP contribution < -0.4 is 14.2 Å². The van der Waals surface area contributed by atoms with Gasteiger partial charge >= 0.3 is 0 Å². The van der Waals surface area contributed by atoms with E-state index in [2.05, 4.69) is 18.0 Å². The summed E-state index contributed by atoms with van der Waals surface area (Å²) < 4.78 is 22.6. The number of likely N-dealkylation sites (tertiary alicyclic amines) is 1. The average Bonchev–Trinajstić information content (AvgIpc) is 2.80. The first-order valence-corrected chi connectivity index (χ1v) is 9.56. The van der Waals surface area contributed by atoms with E-state index in [4.69, 9.17) is 18.9 Å². The van der Waals surface area contributed by atoms with Crippen LogP contribution in [0.5, 0.6) is 17.2 Å². The number of rotatable bonds is 4. The standard InChI is InChI=1S/C22H27NO5/c1-23-9-8-22-12-18(26-3)16(24)11-14(22)15(23)7-6-13-10-17(25-2)20(27-4)21(28-5)19(13)22/h10-12,15H,6-9H2,1-5H3. The van der Waals surface area contributed by atoms with Crippen LogP contribution in [-0.2, 0) is 21.4 Å². The minimum atomic E-state index is -0.451. The molecule has 3 aliphatic rings. The van der Waals surface area contributed by atoms with E-state index in [-0.39, 0.29) is 11.8 Å². The number of hydrogen-bond donors (Lipinski definition) is 0. The number of aryl methyl sites for hydroxylation is 1. The molecule has 28 heavy (non-hydrogen) atoms. The molecule has 6 nitrogen and oxygen atoms in total. The lowest BCUT2D eigenvalue weighted by molar-refractivity contribution is -0.114. The van der Waals surface area contributed by atoms with Crippen molar-refractivity contribution in [1.29, 1.82) is 0 Å². The lowest BCUT2D eigenvalue weighted by Gasteiger charge is -2.47. The van der Waals surface area contributed by atoms with E-state index in [0.29, 0.717) is 23.0 Å². The van der Waals surface area contributed by atoms with Gasteiger partial charge in [0, 0.05) is 17.0 Å². The summed E-state index contributed by atoms with van der Waals surface area (Å²) in [5.41, 5.74) is 2.90. The highest BCUT2D eigenvalue weighted by atomic mass is 16.5. The van der Waals surface area contributed by atoms with Gasteiger partial charge in [0.25, 0.3) is 0 Å². The first-order chi connectivity index (χ1) is 13.5. The van der Waals surface area contributed by atoms with Gasteiger partial charge in [-0.25, -0.2) is 0 Å². The molecule has 1 aromatic rings. The molecule has 0 spiro atoms. The minimum Gasteiger partial charge on any atom is -0.493 e. The highest BCUT2D eigenvalue weighted by molar-refractivity contribution is 6.05. The molecule has 0 radical (unpaired) electrons. The number of hydrogen-bond acceptors (Lipinski definition) is 6. The zero-order valence-electron chi connectivity index (χ0n) is 17.1. The lowest BCUT2D eigenvalue weighted by Crippen LogP contribution is -2.49. The first-order valence-electron chi connectivity index (χ1n) is 9.56. The van der Waals surface area contributed by atoms with Crippen molar-refractivity contribution in [2.75, 3.05) is 42.0 Å². The largest absolute Gasteiger partial charge is 0.493 e. The summed E-state index contributed by atoms with van der Waals surface area (Å²) in [6, 6.07) is 2.25. The van der Waals surface area contributed by atoms with Gasteiger partial charge in [-0.1, -0.05) is 0 Å². The number of carbonyl (C=O) groups excluding carboxylic acids is 1. The predicted octanol–water partition coefficient (Wildman–Crippen LogP) is 2.64. The zero-order valence-corrected chi connectivity index (χ0v) is 17.1. The Morgan fingerprint density at radius 1 is 1.07 bits per heavy atom. The molecule has 150 valence electrons. The molecule has 0 N–H and O–H groups in total. The smallest absolute Gasteiger partial charge is 0.220 e. The molecule has 0 aromatic heterocycles. The predicted molar refractivity (Wildman–Crippen MR) is 105 cm³/mol. The maximum atomic E-state index is 12.7. The second-order valence-electron chi connectivity index (χ2n) is 7.61. The van der Waals surface area contributed by atoms with Crippen LogP contribution in [0.1, 0.15) is 24.0 Å². The van der Waals surface area contributed by atoms with E-state index < -0.39 is 5.41 Å². The van der Waals surface area contributed by atoms with Crippen LogP contribution >= 0.6 is 0 Å². The molecule has 6 heteroatoms. The third-order valence-electron chi connectivity index (χ3n) is 6.44. The number of allylic oxidation sites excluding steroid dienone is 2. The second kappa shape index (κ2) is 6.85. The number of benzene rings is 1. The van der Waals surface area contributed by atoms with Gasteiger partial charge in [0.1, 0.15) is 0 Å². The molecular weight excluding hydrogens is 358 g/mol. The number of carbonyl (C=O) groups is 1. The van der Waals surface area contributed by atoms with Gasteiger partial charge in [-0.2, -0.15) is 0 Å². The molecule has 0 amide bonds. The normalized spacial score (nSPS) is 26.3. The Morgan fingerprint density at radius 2 is 1.82 bits per heavy atom. The van der Waals surface area contributed by atoms with Gasteiger partial charge in [-0.15, -0.1) is 0 Å². The number of likely N-dealkylation sites (N-methyl/N-ethyl adjacent to an activating group) is 1. The summed E-state index contributed by atoms with van der Waals surface area (Å²) in [5.74, 6) is 2.23. The summed E-state index contributed by atoms with van der Waals surface area (Å²) >= 11 is 0. The quantitative estimate of drug-likeness (QED) is 0.794. The van der Waals surface area contributed by atoms with Crippen molar-refractivity contribution >= 4 is 5.78 Å². The molecule has 1 aromatic carbocycles. The van der Waals surface area contributed by atoms with Gasteiger partial charge in [0.15, 0.2) is 17.3 Å². The monoisotopic (exact) mass is 385 g/mol. The van der Waals surface area contributed by atoms with Crippen LogP contribution in [0.2, 0.25) is 0 Å². The Bertz CT molecular complexity index is 887. The molecular formula is C22H27NO5. The van der Waals surface area contributed by atoms with Crippen molar-refractivity contribution in [3.63, 3.8) is 0 Å². The molecule has 1 heterocycles. The number of piperidine rings is 1. The molecule has 2 aliphatic carbocycles. The van der Waals surface area contributed by atoms with Crippen LogP contribution in [0.15, 0.2) is 29.6 Å². The van der Waals surface area contributed by atoms with E-state index in [9.17, 15) is 4.79 Å². The number of fused-ring (bicyclic) bond motifs is 1. The van der Waals surface area contributed by atoms with Gasteiger partial charge < -0.3 is 18.9 Å². The van der Waals surface area contributed by atoms with E-state index in [0.717, 1.165) is 36.9 Å². The fourth-order valence-corrected chi connectivity index (χ4v) is 5.14. The van der Waals surface area contributed by atoms with Crippen LogP contribution in [0.4, 0.5) is 0 Å². The molecule has 2 atom stereocenters. The summed E-state index contributed by atoms with van der Waals surface area (Å²) in [6.07, 6.45) is 6.42. The fourth-order valence-electron chi connectivity index (χ4n) is 5.14. The Labute approximate surface area is 165 Å². The lowest BCUT2D eigenvalue weighted by atomic mass is 9.64. The van der Waals surface area contributed by atoms with E-state index in [1.807, 2.05) is 6.08 Å². The highest BCUT2D eigenvalue weighted by Gasteiger charge is 2.51.